The first-order valence-electron chi connectivity index (χ1n) is 7.03. The van der Waals surface area contributed by atoms with Crippen molar-refractivity contribution in [3.8, 4) is 0 Å². The Balaban J connectivity index is 2.34. The fraction of sp³-hybridized carbons (Fsp3) is 0.857. The standard InChI is InChI=1S/C14H27N3O4/c1-12(2,3)20-10(18)16-7-14(15)8-17(9-14)11(19)21-13(4,5)6/h7-9,15H2,1-6H3,(H,16,18). The van der Waals surface area contributed by atoms with E-state index in [0.29, 0.717) is 13.1 Å². The zero-order valence-electron chi connectivity index (χ0n) is 13.8. The molecule has 122 valence electrons. The number of nitrogens with one attached hydrogen (secondary N) is 1. The topological polar surface area (TPSA) is 93.9 Å². The van der Waals surface area contributed by atoms with E-state index in [2.05, 4.69) is 5.32 Å². The number of hydrogen-bond donors (Lipinski definition) is 2. The summed E-state index contributed by atoms with van der Waals surface area (Å²) in [4.78, 5) is 24.9. The van der Waals surface area contributed by atoms with E-state index in [1.807, 2.05) is 20.8 Å². The second kappa shape index (κ2) is 5.71. The fourth-order valence-electron chi connectivity index (χ4n) is 1.84. The average Bonchev–Trinajstić information content (AvgIpc) is 2.17. The molecule has 0 saturated carbocycles. The lowest BCUT2D eigenvalue weighted by Gasteiger charge is -2.47. The smallest absolute Gasteiger partial charge is 0.410 e. The number of carbonyl (C=O) groups excluding carboxylic acids is 2. The quantitative estimate of drug-likeness (QED) is 0.805. The Kier molecular flexibility index (Phi) is 4.77. The molecule has 3 N–H and O–H groups in total. The molecule has 1 saturated heterocycles. The van der Waals surface area contributed by atoms with E-state index < -0.39 is 22.8 Å². The van der Waals surface area contributed by atoms with Crippen LogP contribution in [-0.2, 0) is 9.47 Å². The maximum absolute atomic E-state index is 11.8. The molecule has 1 rings (SSSR count). The highest BCUT2D eigenvalue weighted by Crippen LogP contribution is 2.21. The van der Waals surface area contributed by atoms with Crippen LogP contribution in [0.4, 0.5) is 9.59 Å². The lowest BCUT2D eigenvalue weighted by molar-refractivity contribution is -0.00838. The second-order valence-electron chi connectivity index (χ2n) is 7.55. The number of alkyl carbamates (subject to hydrolysis) is 1. The number of ether oxygens (including phenoxy) is 2. The molecule has 1 aliphatic rings. The summed E-state index contributed by atoms with van der Waals surface area (Å²) in [6.45, 7) is 11.7. The Morgan fingerprint density at radius 3 is 2.00 bits per heavy atom. The minimum absolute atomic E-state index is 0.251. The van der Waals surface area contributed by atoms with Gasteiger partial charge in [0.2, 0.25) is 0 Å². The fourth-order valence-corrected chi connectivity index (χ4v) is 1.84. The molecule has 0 aliphatic carbocycles. The monoisotopic (exact) mass is 301 g/mol. The van der Waals surface area contributed by atoms with E-state index in [1.54, 1.807) is 20.8 Å². The van der Waals surface area contributed by atoms with Crippen LogP contribution < -0.4 is 11.1 Å². The van der Waals surface area contributed by atoms with E-state index in [4.69, 9.17) is 15.2 Å². The van der Waals surface area contributed by atoms with Crippen molar-refractivity contribution in [1.82, 2.24) is 10.2 Å². The predicted octanol–water partition coefficient (Wildman–Crippen LogP) is 1.46. The van der Waals surface area contributed by atoms with Gasteiger partial charge in [0.15, 0.2) is 0 Å². The van der Waals surface area contributed by atoms with Crippen LogP contribution in [0.15, 0.2) is 0 Å². The summed E-state index contributed by atoms with van der Waals surface area (Å²) in [5, 5.41) is 2.62. The molecule has 0 aromatic carbocycles. The van der Waals surface area contributed by atoms with E-state index in [9.17, 15) is 9.59 Å². The molecule has 1 heterocycles. The third-order valence-corrected chi connectivity index (χ3v) is 2.65. The molecule has 7 nitrogen and oxygen atoms in total. The van der Waals surface area contributed by atoms with Crippen molar-refractivity contribution in [2.24, 2.45) is 5.73 Å². The Hall–Kier alpha value is -1.50. The first-order valence-corrected chi connectivity index (χ1v) is 7.03. The summed E-state index contributed by atoms with van der Waals surface area (Å²) in [5.74, 6) is 0. The lowest BCUT2D eigenvalue weighted by atomic mass is 9.91. The number of hydrogen-bond acceptors (Lipinski definition) is 5. The molecule has 0 radical (unpaired) electrons. The molecule has 0 atom stereocenters. The van der Waals surface area contributed by atoms with Gasteiger partial charge in [-0.2, -0.15) is 0 Å². The van der Waals surface area contributed by atoms with E-state index >= 15 is 0 Å². The van der Waals surface area contributed by atoms with Crippen LogP contribution in [0.5, 0.6) is 0 Å². The van der Waals surface area contributed by atoms with Gasteiger partial charge in [0.1, 0.15) is 11.2 Å². The number of likely N-dealkylation sites (tertiary alicyclic amines) is 1. The van der Waals surface area contributed by atoms with Gasteiger partial charge in [-0.25, -0.2) is 9.59 Å². The highest BCUT2D eigenvalue weighted by Gasteiger charge is 2.44. The normalized spacial score (nSPS) is 17.8. The van der Waals surface area contributed by atoms with Crippen LogP contribution in [0, 0.1) is 0 Å². The van der Waals surface area contributed by atoms with Crippen molar-refractivity contribution in [1.29, 1.82) is 0 Å². The van der Waals surface area contributed by atoms with Crippen LogP contribution in [0.1, 0.15) is 41.5 Å². The van der Waals surface area contributed by atoms with Crippen molar-refractivity contribution < 1.29 is 19.1 Å². The van der Waals surface area contributed by atoms with Gasteiger partial charge < -0.3 is 25.4 Å². The largest absolute Gasteiger partial charge is 0.444 e. The van der Waals surface area contributed by atoms with E-state index in [0.717, 1.165) is 0 Å². The molecule has 0 aromatic rings. The summed E-state index contributed by atoms with van der Waals surface area (Å²) in [6, 6.07) is 0. The third kappa shape index (κ3) is 6.20. The van der Waals surface area contributed by atoms with Crippen LogP contribution in [0.2, 0.25) is 0 Å². The summed E-state index contributed by atoms with van der Waals surface area (Å²) >= 11 is 0. The lowest BCUT2D eigenvalue weighted by Crippen LogP contribution is -2.72. The zero-order valence-corrected chi connectivity index (χ0v) is 13.8. The molecule has 1 aliphatic heterocycles. The third-order valence-electron chi connectivity index (χ3n) is 2.65. The number of carbonyl (C=O) groups is 2. The summed E-state index contributed by atoms with van der Waals surface area (Å²) in [7, 11) is 0. The SMILES string of the molecule is CC(C)(C)OC(=O)NCC1(N)CN(C(=O)OC(C)(C)C)C1. The molecule has 21 heavy (non-hydrogen) atoms. The van der Waals surface area contributed by atoms with Gasteiger partial charge in [0, 0.05) is 19.6 Å². The Bertz CT molecular complexity index is 398. The summed E-state index contributed by atoms with van der Waals surface area (Å²) in [6.07, 6.45) is -0.899. The second-order valence-corrected chi connectivity index (χ2v) is 7.55. The first kappa shape index (κ1) is 17.6. The highest BCUT2D eigenvalue weighted by molar-refractivity contribution is 5.70. The Labute approximate surface area is 126 Å². The van der Waals surface area contributed by atoms with Gasteiger partial charge in [-0.15, -0.1) is 0 Å². The maximum atomic E-state index is 11.8. The maximum Gasteiger partial charge on any atom is 0.410 e. The first-order chi connectivity index (χ1) is 9.30. The molecule has 7 heteroatoms. The highest BCUT2D eigenvalue weighted by atomic mass is 16.6. The molecular formula is C14H27N3O4. The van der Waals surface area contributed by atoms with Crippen LogP contribution >= 0.6 is 0 Å². The number of nitrogens with zero attached hydrogens (tertiary/aromatic N) is 1. The van der Waals surface area contributed by atoms with Crippen LogP contribution in [0.3, 0.4) is 0 Å². The molecule has 1 fully saturated rings. The number of nitrogens with two attached hydrogens (primary N) is 1. The van der Waals surface area contributed by atoms with Crippen molar-refractivity contribution in [2.45, 2.75) is 58.3 Å². The van der Waals surface area contributed by atoms with Crippen LogP contribution in [-0.4, -0.2) is 53.5 Å². The molecule has 0 aromatic heterocycles. The van der Waals surface area contributed by atoms with Crippen molar-refractivity contribution >= 4 is 12.2 Å². The van der Waals surface area contributed by atoms with Crippen molar-refractivity contribution in [3.05, 3.63) is 0 Å². The van der Waals surface area contributed by atoms with Gasteiger partial charge in [-0.3, -0.25) is 0 Å². The molecule has 0 unspecified atom stereocenters. The van der Waals surface area contributed by atoms with Gasteiger partial charge in [0.25, 0.3) is 0 Å². The van der Waals surface area contributed by atoms with Crippen molar-refractivity contribution in [2.75, 3.05) is 19.6 Å². The minimum Gasteiger partial charge on any atom is -0.444 e. The van der Waals surface area contributed by atoms with Gasteiger partial charge >= 0.3 is 12.2 Å². The molecular weight excluding hydrogens is 274 g/mol. The van der Waals surface area contributed by atoms with Crippen molar-refractivity contribution in [3.63, 3.8) is 0 Å². The molecule has 2 amide bonds. The summed E-state index contributed by atoms with van der Waals surface area (Å²) in [5.41, 5.74) is 4.38. The van der Waals surface area contributed by atoms with Gasteiger partial charge in [-0.1, -0.05) is 0 Å². The molecule has 0 bridgehead atoms. The minimum atomic E-state index is -0.631. The molecule has 0 spiro atoms. The predicted molar refractivity (Wildman–Crippen MR) is 79.0 cm³/mol. The van der Waals surface area contributed by atoms with Gasteiger partial charge in [0.05, 0.1) is 5.54 Å². The van der Waals surface area contributed by atoms with Gasteiger partial charge in [-0.05, 0) is 41.5 Å². The zero-order chi connectivity index (χ0) is 16.5. The average molecular weight is 301 g/mol. The van der Waals surface area contributed by atoms with E-state index in [-0.39, 0.29) is 12.6 Å². The van der Waals surface area contributed by atoms with Crippen LogP contribution in [0.25, 0.3) is 0 Å². The Morgan fingerprint density at radius 1 is 1.10 bits per heavy atom. The summed E-state index contributed by atoms with van der Waals surface area (Å²) < 4.78 is 10.4. The Morgan fingerprint density at radius 2 is 1.57 bits per heavy atom. The number of rotatable bonds is 2. The van der Waals surface area contributed by atoms with E-state index in [1.165, 1.54) is 4.90 Å². The number of amides is 2.